The quantitative estimate of drug-likeness (QED) is 0.609. The Bertz CT molecular complexity index is 1000. The summed E-state index contributed by atoms with van der Waals surface area (Å²) < 4.78 is 32.6. The van der Waals surface area contributed by atoms with Gasteiger partial charge < -0.3 is 33.7 Å². The van der Waals surface area contributed by atoms with Gasteiger partial charge in [0, 0.05) is 17.8 Å². The molecule has 0 saturated carbocycles. The minimum absolute atomic E-state index is 0.456. The van der Waals surface area contributed by atoms with Gasteiger partial charge in [-0.2, -0.15) is 0 Å². The topological polar surface area (TPSA) is 93.2 Å². The molecule has 1 heterocycles. The van der Waals surface area contributed by atoms with E-state index in [0.717, 1.165) is 0 Å². The van der Waals surface area contributed by atoms with E-state index in [2.05, 4.69) is 15.3 Å². The Balaban J connectivity index is 2.17. The molecule has 29 heavy (non-hydrogen) atoms. The van der Waals surface area contributed by atoms with Crippen molar-refractivity contribution in [2.24, 2.45) is 0 Å². The van der Waals surface area contributed by atoms with Gasteiger partial charge >= 0.3 is 0 Å². The number of benzene rings is 2. The number of hydrogen-bond donors (Lipinski definition) is 1. The maximum Gasteiger partial charge on any atom is 0.205 e. The van der Waals surface area contributed by atoms with Crippen LogP contribution in [0.15, 0.2) is 24.5 Å². The zero-order chi connectivity index (χ0) is 21.0. The van der Waals surface area contributed by atoms with Crippen molar-refractivity contribution in [3.63, 3.8) is 0 Å². The first-order valence-corrected chi connectivity index (χ1v) is 8.62. The molecule has 0 saturated heterocycles. The molecule has 0 spiro atoms. The van der Waals surface area contributed by atoms with Gasteiger partial charge in [-0.15, -0.1) is 0 Å². The summed E-state index contributed by atoms with van der Waals surface area (Å²) in [6.45, 7) is 0. The molecule has 154 valence electrons. The predicted octanol–water partition coefficient (Wildman–Crippen LogP) is 3.43. The molecule has 9 heteroatoms. The number of methoxy groups -OCH3 is 6. The molecule has 0 bridgehead atoms. The monoisotopic (exact) mass is 401 g/mol. The number of ether oxygens (including phenoxy) is 6. The van der Waals surface area contributed by atoms with E-state index in [-0.39, 0.29) is 0 Å². The molecule has 0 unspecified atom stereocenters. The largest absolute Gasteiger partial charge is 0.493 e. The van der Waals surface area contributed by atoms with Crippen LogP contribution in [0.1, 0.15) is 0 Å². The van der Waals surface area contributed by atoms with Crippen molar-refractivity contribution in [3.05, 3.63) is 24.5 Å². The zero-order valence-corrected chi connectivity index (χ0v) is 17.2. The van der Waals surface area contributed by atoms with Crippen molar-refractivity contribution in [3.8, 4) is 34.5 Å². The molecule has 0 fully saturated rings. The maximum absolute atomic E-state index is 5.52. The molecule has 0 atom stereocenters. The summed E-state index contributed by atoms with van der Waals surface area (Å²) in [5.74, 6) is 3.50. The number of anilines is 2. The fourth-order valence-electron chi connectivity index (χ4n) is 3.05. The molecule has 0 radical (unpaired) electrons. The molecule has 1 N–H and O–H groups in total. The van der Waals surface area contributed by atoms with Gasteiger partial charge in [0.25, 0.3) is 0 Å². The summed E-state index contributed by atoms with van der Waals surface area (Å²) in [7, 11) is 9.32. The van der Waals surface area contributed by atoms with E-state index in [1.807, 2.05) is 0 Å². The maximum atomic E-state index is 5.52. The van der Waals surface area contributed by atoms with Crippen LogP contribution in [0.5, 0.6) is 34.5 Å². The molecule has 1 aromatic heterocycles. The third kappa shape index (κ3) is 3.58. The van der Waals surface area contributed by atoms with Crippen molar-refractivity contribution in [1.29, 1.82) is 0 Å². The van der Waals surface area contributed by atoms with Gasteiger partial charge in [-0.25, -0.2) is 9.97 Å². The summed E-state index contributed by atoms with van der Waals surface area (Å²) in [5.41, 5.74) is 1.27. The summed E-state index contributed by atoms with van der Waals surface area (Å²) in [6.07, 6.45) is 1.44. The highest BCUT2D eigenvalue weighted by Crippen LogP contribution is 2.45. The second kappa shape index (κ2) is 8.59. The molecular formula is C20H23N3O6. The van der Waals surface area contributed by atoms with Crippen molar-refractivity contribution in [2.45, 2.75) is 0 Å². The van der Waals surface area contributed by atoms with Crippen molar-refractivity contribution in [2.75, 3.05) is 48.0 Å². The number of hydrogen-bond acceptors (Lipinski definition) is 9. The second-order valence-corrected chi connectivity index (χ2v) is 5.80. The van der Waals surface area contributed by atoms with E-state index in [1.165, 1.54) is 6.33 Å². The van der Waals surface area contributed by atoms with Gasteiger partial charge in [-0.05, 0) is 6.07 Å². The van der Waals surface area contributed by atoms with E-state index < -0.39 is 0 Å². The minimum Gasteiger partial charge on any atom is -0.493 e. The third-order valence-electron chi connectivity index (χ3n) is 4.36. The molecule has 3 aromatic rings. The van der Waals surface area contributed by atoms with Gasteiger partial charge in [0.1, 0.15) is 17.7 Å². The Morgan fingerprint density at radius 2 is 1.17 bits per heavy atom. The average molecular weight is 401 g/mol. The van der Waals surface area contributed by atoms with Crippen LogP contribution in [-0.2, 0) is 0 Å². The van der Waals surface area contributed by atoms with E-state index in [9.17, 15) is 0 Å². The molecule has 0 amide bonds. The zero-order valence-electron chi connectivity index (χ0n) is 17.2. The van der Waals surface area contributed by atoms with Gasteiger partial charge in [-0.3, -0.25) is 0 Å². The lowest BCUT2D eigenvalue weighted by molar-refractivity contribution is 0.324. The van der Waals surface area contributed by atoms with Crippen LogP contribution in [0.25, 0.3) is 10.9 Å². The first-order valence-electron chi connectivity index (χ1n) is 8.62. The smallest absolute Gasteiger partial charge is 0.205 e. The normalized spacial score (nSPS) is 10.4. The van der Waals surface area contributed by atoms with Crippen LogP contribution in [0, 0.1) is 0 Å². The van der Waals surface area contributed by atoms with Crippen LogP contribution in [-0.4, -0.2) is 52.6 Å². The van der Waals surface area contributed by atoms with E-state index >= 15 is 0 Å². The number of nitrogens with one attached hydrogen (secondary N) is 1. The van der Waals surface area contributed by atoms with E-state index in [0.29, 0.717) is 56.9 Å². The standard InChI is InChI=1S/C20H23N3O6/c1-24-13-7-11(8-14(25-2)17(13)27-4)23-20-12-9-15(26-3)18(28-5)19(29-6)16(12)21-10-22-20/h7-10H,1-6H3,(H,21,22,23). The van der Waals surface area contributed by atoms with Crippen LogP contribution in [0.4, 0.5) is 11.5 Å². The third-order valence-corrected chi connectivity index (χ3v) is 4.36. The van der Waals surface area contributed by atoms with Crippen LogP contribution in [0.3, 0.4) is 0 Å². The Hall–Kier alpha value is -3.62. The first kappa shape index (κ1) is 20.1. The highest BCUT2D eigenvalue weighted by Gasteiger charge is 2.20. The molecule has 2 aromatic carbocycles. The molecule has 0 aliphatic rings. The molecule has 0 aliphatic heterocycles. The van der Waals surface area contributed by atoms with Crippen molar-refractivity contribution < 1.29 is 28.4 Å². The molecule has 3 rings (SSSR count). The number of nitrogens with zero attached hydrogens (tertiary/aromatic N) is 2. The number of fused-ring (bicyclic) bond motifs is 1. The SMILES string of the molecule is COc1cc(Nc2ncnc3c(OC)c(OC)c(OC)cc23)cc(OC)c1OC. The Morgan fingerprint density at radius 1 is 0.621 bits per heavy atom. The fraction of sp³-hybridized carbons (Fsp3) is 0.300. The lowest BCUT2D eigenvalue weighted by Gasteiger charge is -2.17. The van der Waals surface area contributed by atoms with Crippen LogP contribution >= 0.6 is 0 Å². The predicted molar refractivity (Wildman–Crippen MR) is 109 cm³/mol. The summed E-state index contributed by atoms with van der Waals surface area (Å²) in [4.78, 5) is 8.73. The molecular weight excluding hydrogens is 378 g/mol. The van der Waals surface area contributed by atoms with Crippen LogP contribution < -0.4 is 33.7 Å². The van der Waals surface area contributed by atoms with Gasteiger partial charge in [0.05, 0.1) is 48.0 Å². The number of aromatic nitrogens is 2. The van der Waals surface area contributed by atoms with Gasteiger partial charge in [-0.1, -0.05) is 0 Å². The minimum atomic E-state index is 0.456. The lowest BCUT2D eigenvalue weighted by atomic mass is 10.1. The average Bonchev–Trinajstić information content (AvgIpc) is 2.76. The highest BCUT2D eigenvalue weighted by atomic mass is 16.5. The van der Waals surface area contributed by atoms with E-state index in [1.54, 1.807) is 60.9 Å². The van der Waals surface area contributed by atoms with Gasteiger partial charge in [0.15, 0.2) is 23.0 Å². The second-order valence-electron chi connectivity index (χ2n) is 5.80. The van der Waals surface area contributed by atoms with Gasteiger partial charge in [0.2, 0.25) is 11.5 Å². The summed E-state index contributed by atoms with van der Waals surface area (Å²) in [5, 5.41) is 3.96. The molecule has 0 aliphatic carbocycles. The highest BCUT2D eigenvalue weighted by molar-refractivity contribution is 5.97. The lowest BCUT2D eigenvalue weighted by Crippen LogP contribution is -2.02. The summed E-state index contributed by atoms with van der Waals surface area (Å²) >= 11 is 0. The Kier molecular flexibility index (Phi) is 5.96. The van der Waals surface area contributed by atoms with Crippen LogP contribution in [0.2, 0.25) is 0 Å². The Morgan fingerprint density at radius 3 is 1.69 bits per heavy atom. The van der Waals surface area contributed by atoms with E-state index in [4.69, 9.17) is 28.4 Å². The summed E-state index contributed by atoms with van der Waals surface area (Å²) in [6, 6.07) is 5.36. The molecule has 9 nitrogen and oxygen atoms in total. The first-order chi connectivity index (χ1) is 14.1. The van der Waals surface area contributed by atoms with Crippen molar-refractivity contribution >= 4 is 22.4 Å². The Labute approximate surface area is 168 Å². The fourth-order valence-corrected chi connectivity index (χ4v) is 3.05. The number of rotatable bonds is 8. The van der Waals surface area contributed by atoms with Crippen molar-refractivity contribution in [1.82, 2.24) is 9.97 Å².